The second kappa shape index (κ2) is 9.00. The lowest BCUT2D eigenvalue weighted by molar-refractivity contribution is -0.136. The summed E-state index contributed by atoms with van der Waals surface area (Å²) in [5.41, 5.74) is 4.09. The Morgan fingerprint density at radius 1 is 0.909 bits per heavy atom. The van der Waals surface area contributed by atoms with Gasteiger partial charge in [-0.05, 0) is 36.6 Å². The third-order valence-corrected chi connectivity index (χ3v) is 3.00. The molecule has 116 valence electrons. The molecule has 0 heterocycles. The van der Waals surface area contributed by atoms with Crippen molar-refractivity contribution in [1.29, 1.82) is 0 Å². The fourth-order valence-corrected chi connectivity index (χ4v) is 2.13. The van der Waals surface area contributed by atoms with Crippen molar-refractivity contribution in [1.82, 2.24) is 0 Å². The molecule has 0 aliphatic carbocycles. The number of hydrogen-bond acceptors (Lipinski definition) is 2. The molecule has 0 atom stereocenters. The molecule has 0 aromatic heterocycles. The summed E-state index contributed by atoms with van der Waals surface area (Å²) in [6.45, 7) is 3.94. The Labute approximate surface area is 135 Å². The minimum Gasteiger partial charge on any atom is -0.481 e. The fraction of sp³-hybridized carbons (Fsp3) is 0.222. The average Bonchev–Trinajstić information content (AvgIpc) is 2.37. The standard InChI is InChI=1S/C9H9ClO.C9H10O2/c2*1-7-3-2-4-8(5-7)6-9(10)11/h2-5H,6H2,1H3;2-5H,6H2,1H3,(H,10,11). The number of rotatable bonds is 4. The van der Waals surface area contributed by atoms with Crippen molar-refractivity contribution in [3.63, 3.8) is 0 Å². The van der Waals surface area contributed by atoms with E-state index in [4.69, 9.17) is 16.7 Å². The van der Waals surface area contributed by atoms with Crippen LogP contribution in [0.1, 0.15) is 22.3 Å². The molecular weight excluding hydrogens is 300 g/mol. The number of carboxylic acids is 1. The summed E-state index contributed by atoms with van der Waals surface area (Å²) in [7, 11) is 0. The highest BCUT2D eigenvalue weighted by atomic mass is 35.5. The van der Waals surface area contributed by atoms with Gasteiger partial charge in [-0.3, -0.25) is 9.59 Å². The highest BCUT2D eigenvalue weighted by Crippen LogP contribution is 2.06. The first-order valence-corrected chi connectivity index (χ1v) is 7.26. The highest BCUT2D eigenvalue weighted by molar-refractivity contribution is 6.63. The first-order chi connectivity index (χ1) is 10.4. The van der Waals surface area contributed by atoms with Gasteiger partial charge in [-0.25, -0.2) is 0 Å². The van der Waals surface area contributed by atoms with Crippen LogP contribution in [0.5, 0.6) is 0 Å². The summed E-state index contributed by atoms with van der Waals surface area (Å²) in [6.07, 6.45) is 0.435. The summed E-state index contributed by atoms with van der Waals surface area (Å²) in [4.78, 5) is 20.8. The smallest absolute Gasteiger partial charge is 0.307 e. The predicted molar refractivity (Wildman–Crippen MR) is 88.3 cm³/mol. The summed E-state index contributed by atoms with van der Waals surface area (Å²) in [5.74, 6) is -0.782. The van der Waals surface area contributed by atoms with Crippen molar-refractivity contribution in [2.24, 2.45) is 0 Å². The minimum absolute atomic E-state index is 0.113. The van der Waals surface area contributed by atoms with Crippen LogP contribution in [0.15, 0.2) is 48.5 Å². The summed E-state index contributed by atoms with van der Waals surface area (Å²) in [5, 5.41) is 8.15. The Balaban J connectivity index is 0.000000220. The minimum atomic E-state index is -0.782. The number of halogens is 1. The molecule has 0 bridgehead atoms. The molecule has 0 unspecified atom stereocenters. The monoisotopic (exact) mass is 318 g/mol. The number of hydrogen-bond donors (Lipinski definition) is 1. The maximum atomic E-state index is 10.5. The van der Waals surface area contributed by atoms with E-state index in [9.17, 15) is 9.59 Å². The Morgan fingerprint density at radius 2 is 1.36 bits per heavy atom. The number of carbonyl (C=O) groups excluding carboxylic acids is 1. The number of aliphatic carboxylic acids is 1. The van der Waals surface area contributed by atoms with E-state index in [0.29, 0.717) is 6.42 Å². The Bertz CT molecular complexity index is 593. The van der Waals surface area contributed by atoms with Gasteiger partial charge in [0.05, 0.1) is 6.42 Å². The maximum absolute atomic E-state index is 10.5. The van der Waals surface area contributed by atoms with Gasteiger partial charge >= 0.3 is 5.97 Å². The van der Waals surface area contributed by atoms with Crippen molar-refractivity contribution >= 4 is 22.8 Å². The van der Waals surface area contributed by atoms with Crippen LogP contribution in [-0.2, 0) is 22.4 Å². The van der Waals surface area contributed by atoms with Gasteiger partial charge in [-0.15, -0.1) is 0 Å². The first-order valence-electron chi connectivity index (χ1n) is 6.88. The van der Waals surface area contributed by atoms with E-state index in [-0.39, 0.29) is 11.7 Å². The zero-order valence-electron chi connectivity index (χ0n) is 12.7. The fourth-order valence-electron chi connectivity index (χ4n) is 1.98. The van der Waals surface area contributed by atoms with Gasteiger partial charge in [0.15, 0.2) is 0 Å². The van der Waals surface area contributed by atoms with Crippen LogP contribution in [0.4, 0.5) is 0 Å². The normalized spacial score (nSPS) is 9.59. The lowest BCUT2D eigenvalue weighted by atomic mass is 10.1. The Hall–Kier alpha value is -2.13. The molecule has 2 aromatic carbocycles. The molecule has 4 heteroatoms. The van der Waals surface area contributed by atoms with E-state index < -0.39 is 5.97 Å². The zero-order chi connectivity index (χ0) is 16.5. The number of carbonyl (C=O) groups is 2. The van der Waals surface area contributed by atoms with Crippen molar-refractivity contribution in [3.05, 3.63) is 70.8 Å². The van der Waals surface area contributed by atoms with E-state index in [1.54, 1.807) is 0 Å². The van der Waals surface area contributed by atoms with Gasteiger partial charge in [-0.1, -0.05) is 59.7 Å². The highest BCUT2D eigenvalue weighted by Gasteiger charge is 1.99. The second-order valence-corrected chi connectivity index (χ2v) is 5.50. The van der Waals surface area contributed by atoms with Crippen molar-refractivity contribution in [3.8, 4) is 0 Å². The van der Waals surface area contributed by atoms with Crippen LogP contribution < -0.4 is 0 Å². The number of carboxylic acid groups (broad SMARTS) is 1. The number of aryl methyl sites for hydroxylation is 2. The second-order valence-electron chi connectivity index (χ2n) is 5.08. The molecule has 0 saturated carbocycles. The summed E-state index contributed by atoms with van der Waals surface area (Å²) < 4.78 is 0. The lowest BCUT2D eigenvalue weighted by Crippen LogP contribution is -1.99. The van der Waals surface area contributed by atoms with Gasteiger partial charge < -0.3 is 5.11 Å². The van der Waals surface area contributed by atoms with E-state index >= 15 is 0 Å². The molecular formula is C18H19ClO3. The molecule has 2 aromatic rings. The van der Waals surface area contributed by atoms with Crippen LogP contribution in [0.2, 0.25) is 0 Å². The zero-order valence-corrected chi connectivity index (χ0v) is 13.4. The third-order valence-electron chi connectivity index (χ3n) is 2.86. The lowest BCUT2D eigenvalue weighted by Gasteiger charge is -1.96. The van der Waals surface area contributed by atoms with Gasteiger partial charge in [0.2, 0.25) is 5.24 Å². The molecule has 0 fully saturated rings. The maximum Gasteiger partial charge on any atom is 0.307 e. The average molecular weight is 319 g/mol. The molecule has 0 aliphatic heterocycles. The molecule has 3 nitrogen and oxygen atoms in total. The van der Waals surface area contributed by atoms with Crippen molar-refractivity contribution in [2.75, 3.05) is 0 Å². The molecule has 2 rings (SSSR count). The van der Waals surface area contributed by atoms with E-state index in [2.05, 4.69) is 0 Å². The van der Waals surface area contributed by atoms with Crippen LogP contribution in [0.25, 0.3) is 0 Å². The molecule has 0 radical (unpaired) electrons. The van der Waals surface area contributed by atoms with Gasteiger partial charge in [-0.2, -0.15) is 0 Å². The third kappa shape index (κ3) is 7.60. The SMILES string of the molecule is Cc1cccc(CC(=O)Cl)c1.Cc1cccc(CC(=O)O)c1. The Morgan fingerprint density at radius 3 is 1.73 bits per heavy atom. The van der Waals surface area contributed by atoms with Crippen LogP contribution in [0, 0.1) is 13.8 Å². The predicted octanol–water partition coefficient (Wildman–Crippen LogP) is 3.93. The molecule has 0 spiro atoms. The van der Waals surface area contributed by atoms with Crippen molar-refractivity contribution in [2.45, 2.75) is 26.7 Å². The molecule has 1 N–H and O–H groups in total. The van der Waals surface area contributed by atoms with Gasteiger partial charge in [0.1, 0.15) is 0 Å². The largest absolute Gasteiger partial charge is 0.481 e. The van der Waals surface area contributed by atoms with Crippen LogP contribution in [-0.4, -0.2) is 16.3 Å². The van der Waals surface area contributed by atoms with E-state index in [0.717, 1.165) is 22.3 Å². The topological polar surface area (TPSA) is 54.4 Å². The van der Waals surface area contributed by atoms with E-state index in [1.165, 1.54) is 0 Å². The first kappa shape index (κ1) is 17.9. The van der Waals surface area contributed by atoms with Gasteiger partial charge in [0.25, 0.3) is 0 Å². The molecule has 0 saturated heterocycles. The molecule has 22 heavy (non-hydrogen) atoms. The molecule has 0 aliphatic rings. The quantitative estimate of drug-likeness (QED) is 0.869. The summed E-state index contributed by atoms with van der Waals surface area (Å²) in [6, 6.07) is 15.3. The van der Waals surface area contributed by atoms with E-state index in [1.807, 2.05) is 62.4 Å². The summed E-state index contributed by atoms with van der Waals surface area (Å²) >= 11 is 5.23. The van der Waals surface area contributed by atoms with Crippen molar-refractivity contribution < 1.29 is 14.7 Å². The number of benzene rings is 2. The van der Waals surface area contributed by atoms with Crippen LogP contribution in [0.3, 0.4) is 0 Å². The van der Waals surface area contributed by atoms with Gasteiger partial charge in [0, 0.05) is 6.42 Å². The Kier molecular flexibility index (Phi) is 7.33. The molecule has 0 amide bonds. The van der Waals surface area contributed by atoms with Crippen LogP contribution >= 0.6 is 11.6 Å².